The summed E-state index contributed by atoms with van der Waals surface area (Å²) < 4.78 is 27.4. The van der Waals surface area contributed by atoms with Gasteiger partial charge in [-0.2, -0.15) is 0 Å². The van der Waals surface area contributed by atoms with Gasteiger partial charge in [0, 0.05) is 38.0 Å². The van der Waals surface area contributed by atoms with Crippen LogP contribution in [0.2, 0.25) is 0 Å². The predicted octanol–water partition coefficient (Wildman–Crippen LogP) is 5.37. The molecule has 0 atom stereocenters. The molecule has 0 spiro atoms. The number of halogens is 2. The van der Waals surface area contributed by atoms with Crippen molar-refractivity contribution in [2.75, 3.05) is 26.2 Å². The van der Waals surface area contributed by atoms with Crippen molar-refractivity contribution >= 4 is 11.9 Å². The van der Waals surface area contributed by atoms with Gasteiger partial charge in [0.1, 0.15) is 11.6 Å². The Kier molecular flexibility index (Phi) is 7.19. The minimum absolute atomic E-state index is 0.205. The Morgan fingerprint density at radius 2 is 1.44 bits per heavy atom. The summed E-state index contributed by atoms with van der Waals surface area (Å²) in [7, 11) is 0. The maximum atomic E-state index is 13.8. The highest BCUT2D eigenvalue weighted by Crippen LogP contribution is 2.39. The second-order valence-electron chi connectivity index (χ2n) is 10.3. The zero-order valence-electron chi connectivity index (χ0n) is 21.8. The van der Waals surface area contributed by atoms with Crippen molar-refractivity contribution in [3.63, 3.8) is 0 Å². The van der Waals surface area contributed by atoms with Gasteiger partial charge in [-0.05, 0) is 60.8 Å². The molecule has 39 heavy (non-hydrogen) atoms. The van der Waals surface area contributed by atoms with Crippen molar-refractivity contribution in [2.45, 2.75) is 37.3 Å². The molecule has 0 radical (unpaired) electrons. The lowest BCUT2D eigenvalue weighted by molar-refractivity contribution is -0.130. The number of likely N-dealkylation sites (tertiary alicyclic amines) is 1. The monoisotopic (exact) mass is 528 g/mol. The van der Waals surface area contributed by atoms with Crippen LogP contribution in [-0.2, 0) is 15.9 Å². The summed E-state index contributed by atoms with van der Waals surface area (Å²) in [6.45, 7) is 12.4. The molecule has 2 aliphatic heterocycles. The van der Waals surface area contributed by atoms with E-state index in [4.69, 9.17) is 6.57 Å². The zero-order chi connectivity index (χ0) is 27.6. The summed E-state index contributed by atoms with van der Waals surface area (Å²) in [5.74, 6) is -1.41. The lowest BCUT2D eigenvalue weighted by Gasteiger charge is -2.35. The minimum atomic E-state index is -1.56. The van der Waals surface area contributed by atoms with E-state index in [-0.39, 0.29) is 6.54 Å². The Morgan fingerprint density at radius 1 is 0.872 bits per heavy atom. The number of carbonyl (C=O) groups excluding carboxylic acids is 2. The maximum absolute atomic E-state index is 13.8. The highest BCUT2D eigenvalue weighted by molar-refractivity contribution is 6.09. The number of urea groups is 1. The molecule has 3 aromatic carbocycles. The first kappa shape index (κ1) is 26.5. The minimum Gasteiger partial charge on any atom is -0.315 e. The summed E-state index contributed by atoms with van der Waals surface area (Å²) in [6, 6.07) is 18.3. The van der Waals surface area contributed by atoms with Crippen LogP contribution in [0, 0.1) is 25.1 Å². The topological polar surface area (TPSA) is 57.0 Å². The number of hydrogen-bond acceptors (Lipinski definition) is 3. The normalized spacial score (nSPS) is 18.6. The summed E-state index contributed by atoms with van der Waals surface area (Å²) in [4.78, 5) is 34.4. The summed E-state index contributed by atoms with van der Waals surface area (Å²) in [6.07, 6.45) is 2.02. The van der Waals surface area contributed by atoms with E-state index < -0.39 is 34.7 Å². The molecule has 200 valence electrons. The van der Waals surface area contributed by atoms with Crippen molar-refractivity contribution in [1.82, 2.24) is 15.1 Å². The van der Waals surface area contributed by atoms with Crippen LogP contribution in [0.4, 0.5) is 13.6 Å². The Labute approximate surface area is 227 Å². The van der Waals surface area contributed by atoms with Crippen molar-refractivity contribution < 1.29 is 18.4 Å². The predicted molar refractivity (Wildman–Crippen MR) is 144 cm³/mol. The van der Waals surface area contributed by atoms with Gasteiger partial charge in [-0.15, -0.1) is 0 Å². The van der Waals surface area contributed by atoms with E-state index in [1.54, 1.807) is 0 Å². The number of rotatable bonds is 7. The van der Waals surface area contributed by atoms with Gasteiger partial charge in [0.05, 0.1) is 0 Å². The molecule has 2 heterocycles. The highest BCUT2D eigenvalue weighted by atomic mass is 19.1. The molecule has 3 aromatic rings. The van der Waals surface area contributed by atoms with Gasteiger partial charge in [-0.3, -0.25) is 9.69 Å². The lowest BCUT2D eigenvalue weighted by Crippen LogP contribution is -2.45. The molecule has 6 nitrogen and oxygen atoms in total. The number of benzene rings is 3. The van der Waals surface area contributed by atoms with Gasteiger partial charge in [-0.25, -0.2) is 20.1 Å². The number of piperidine rings is 1. The number of nitrogens with one attached hydrogen (secondary N) is 1. The van der Waals surface area contributed by atoms with Crippen LogP contribution < -0.4 is 5.32 Å². The van der Waals surface area contributed by atoms with Crippen LogP contribution in [-0.4, -0.2) is 47.9 Å². The van der Waals surface area contributed by atoms with Crippen molar-refractivity contribution in [1.29, 1.82) is 0 Å². The number of carbonyl (C=O) groups is 2. The van der Waals surface area contributed by atoms with Crippen LogP contribution in [0.1, 0.15) is 41.5 Å². The Bertz CT molecular complexity index is 1360. The molecule has 0 aromatic heterocycles. The van der Waals surface area contributed by atoms with Crippen LogP contribution in [0.5, 0.6) is 0 Å². The van der Waals surface area contributed by atoms with Gasteiger partial charge in [0.15, 0.2) is 5.54 Å². The molecule has 5 rings (SSSR count). The second kappa shape index (κ2) is 10.6. The van der Waals surface area contributed by atoms with E-state index in [2.05, 4.69) is 21.1 Å². The number of aryl methyl sites for hydroxylation is 1. The third-order valence-corrected chi connectivity index (χ3v) is 8.06. The summed E-state index contributed by atoms with van der Waals surface area (Å²) in [5.41, 5.74) is 0.949. The van der Waals surface area contributed by atoms with E-state index in [1.807, 2.05) is 25.1 Å². The third-order valence-electron chi connectivity index (χ3n) is 8.06. The van der Waals surface area contributed by atoms with E-state index >= 15 is 0 Å². The number of nitrogens with zero attached hydrogens (tertiary/aromatic N) is 3. The van der Waals surface area contributed by atoms with Gasteiger partial charge >= 0.3 is 6.03 Å². The Hall–Kier alpha value is -4.09. The van der Waals surface area contributed by atoms with Gasteiger partial charge in [0.25, 0.3) is 11.4 Å². The summed E-state index contributed by atoms with van der Waals surface area (Å²) >= 11 is 0. The molecule has 0 aliphatic carbocycles. The molecule has 1 N–H and O–H groups in total. The summed E-state index contributed by atoms with van der Waals surface area (Å²) in [5, 5.41) is 2.81. The van der Waals surface area contributed by atoms with E-state index in [9.17, 15) is 18.4 Å². The van der Waals surface area contributed by atoms with E-state index in [1.165, 1.54) is 53.4 Å². The van der Waals surface area contributed by atoms with Crippen LogP contribution >= 0.6 is 0 Å². The third kappa shape index (κ3) is 4.79. The molecule has 8 heteroatoms. The molecule has 2 aliphatic rings. The largest absolute Gasteiger partial charge is 0.325 e. The smallest absolute Gasteiger partial charge is 0.315 e. The lowest BCUT2D eigenvalue weighted by atomic mass is 9.79. The average molecular weight is 529 g/mol. The maximum Gasteiger partial charge on any atom is 0.325 e. The van der Waals surface area contributed by atoms with Gasteiger partial charge < -0.3 is 15.1 Å². The second-order valence-corrected chi connectivity index (χ2v) is 10.3. The standard InChI is InChI=1S/C31H30F2N4O2/c1-22-6-3-4-7-27(22)30(34-2)16-20-36(21-17-30)18-5-19-37-28(38)31(35-29(37)39,23-8-12-25(32)13-9-23)24-10-14-26(33)15-11-24/h3-4,6-15H,5,16-21H2,1H3,(H,35,39). The van der Waals surface area contributed by atoms with Crippen LogP contribution in [0.3, 0.4) is 0 Å². The Morgan fingerprint density at radius 3 is 1.97 bits per heavy atom. The molecular weight excluding hydrogens is 498 g/mol. The van der Waals surface area contributed by atoms with E-state index in [0.717, 1.165) is 37.1 Å². The van der Waals surface area contributed by atoms with E-state index in [0.29, 0.717) is 24.1 Å². The first-order chi connectivity index (χ1) is 18.8. The zero-order valence-corrected chi connectivity index (χ0v) is 21.8. The molecule has 2 fully saturated rings. The number of hydrogen-bond donors (Lipinski definition) is 1. The number of imide groups is 1. The van der Waals surface area contributed by atoms with Crippen molar-refractivity contribution in [3.05, 3.63) is 118 Å². The fraction of sp³-hybridized carbons (Fsp3) is 0.323. The molecule has 0 saturated carbocycles. The first-order valence-corrected chi connectivity index (χ1v) is 13.1. The quantitative estimate of drug-likeness (QED) is 0.332. The first-order valence-electron chi connectivity index (χ1n) is 13.1. The fourth-order valence-electron chi connectivity index (χ4n) is 5.87. The van der Waals surface area contributed by atoms with Crippen molar-refractivity contribution in [2.24, 2.45) is 0 Å². The SMILES string of the molecule is [C-]#[N+]C1(c2ccccc2C)CCN(CCCN2C(=O)NC(c3ccc(F)cc3)(c3ccc(F)cc3)C2=O)CC1. The fourth-order valence-corrected chi connectivity index (χ4v) is 5.87. The molecular formula is C31H30F2N4O2. The van der Waals surface area contributed by atoms with Crippen LogP contribution in [0.15, 0.2) is 72.8 Å². The van der Waals surface area contributed by atoms with Gasteiger partial charge in [0.2, 0.25) is 0 Å². The molecule has 0 unspecified atom stereocenters. The average Bonchev–Trinajstić information content (AvgIpc) is 3.20. The number of amides is 3. The van der Waals surface area contributed by atoms with Gasteiger partial charge in [-0.1, -0.05) is 48.5 Å². The Balaban J connectivity index is 1.27. The molecule has 2 saturated heterocycles. The molecule has 3 amide bonds. The molecule has 0 bridgehead atoms. The van der Waals surface area contributed by atoms with Crippen LogP contribution in [0.25, 0.3) is 4.85 Å². The van der Waals surface area contributed by atoms with Crippen molar-refractivity contribution in [3.8, 4) is 0 Å². The highest BCUT2D eigenvalue weighted by Gasteiger charge is 2.53.